The van der Waals surface area contributed by atoms with Crippen molar-refractivity contribution in [2.24, 2.45) is 0 Å². The molecule has 6 nitrogen and oxygen atoms in total. The van der Waals surface area contributed by atoms with Gasteiger partial charge in [-0.25, -0.2) is 0 Å². The highest BCUT2D eigenvalue weighted by Crippen LogP contribution is 2.31. The summed E-state index contributed by atoms with van der Waals surface area (Å²) >= 11 is 13.4. The molecular weight excluding hydrogens is 483 g/mol. The molecule has 3 aromatic rings. The predicted octanol–water partition coefficient (Wildman–Crippen LogP) is 6.38. The minimum atomic E-state index is -0.370. The highest BCUT2D eigenvalue weighted by molar-refractivity contribution is 8.00. The molecule has 0 spiro atoms. The largest absolute Gasteiger partial charge is 0.497 e. The molecule has 0 aliphatic rings. The van der Waals surface area contributed by atoms with Crippen LogP contribution in [0.3, 0.4) is 0 Å². The molecule has 0 aromatic heterocycles. The maximum atomic E-state index is 12.7. The molecule has 1 atom stereocenters. The number of benzene rings is 3. The molecule has 0 bridgehead atoms. The van der Waals surface area contributed by atoms with Crippen molar-refractivity contribution < 1.29 is 19.1 Å². The van der Waals surface area contributed by atoms with Crippen molar-refractivity contribution in [2.75, 3.05) is 24.9 Å². The highest BCUT2D eigenvalue weighted by atomic mass is 35.5. The minimum Gasteiger partial charge on any atom is -0.497 e. The Balaban J connectivity index is 1.60. The van der Waals surface area contributed by atoms with Crippen molar-refractivity contribution >= 4 is 58.2 Å². The van der Waals surface area contributed by atoms with E-state index in [1.807, 2.05) is 19.1 Å². The minimum absolute atomic E-state index is 0.168. The van der Waals surface area contributed by atoms with Gasteiger partial charge in [-0.05, 0) is 61.5 Å². The van der Waals surface area contributed by atoms with E-state index >= 15 is 0 Å². The molecule has 1 unspecified atom stereocenters. The fourth-order valence-corrected chi connectivity index (χ4v) is 4.24. The summed E-state index contributed by atoms with van der Waals surface area (Å²) in [4.78, 5) is 26.0. The average molecular weight is 505 g/mol. The van der Waals surface area contributed by atoms with E-state index in [2.05, 4.69) is 10.6 Å². The highest BCUT2D eigenvalue weighted by Gasteiger charge is 2.17. The van der Waals surface area contributed by atoms with Crippen LogP contribution in [0.15, 0.2) is 65.6 Å². The van der Waals surface area contributed by atoms with E-state index in [4.69, 9.17) is 32.7 Å². The van der Waals surface area contributed by atoms with Crippen molar-refractivity contribution in [3.05, 3.63) is 76.3 Å². The Morgan fingerprint density at radius 3 is 2.27 bits per heavy atom. The molecule has 0 saturated heterocycles. The quantitative estimate of drug-likeness (QED) is 0.348. The molecule has 0 aliphatic heterocycles. The number of rotatable bonds is 8. The van der Waals surface area contributed by atoms with Gasteiger partial charge in [0.1, 0.15) is 11.5 Å². The Hall–Kier alpha value is -2.87. The molecule has 2 N–H and O–H groups in total. The second-order valence-electron chi connectivity index (χ2n) is 6.92. The average Bonchev–Trinajstić information content (AvgIpc) is 2.80. The van der Waals surface area contributed by atoms with Gasteiger partial charge in [0.15, 0.2) is 0 Å². The SMILES string of the molecule is COc1ccc(NC(=O)C(C)Sc2ccc(NC(=O)c3ccc(Cl)cc3Cl)cc2)c(OC)c1. The van der Waals surface area contributed by atoms with E-state index in [1.165, 1.54) is 24.9 Å². The Morgan fingerprint density at radius 2 is 1.64 bits per heavy atom. The Labute approximate surface area is 206 Å². The molecule has 0 heterocycles. The van der Waals surface area contributed by atoms with E-state index in [0.29, 0.717) is 33.5 Å². The number of halogens is 2. The third kappa shape index (κ3) is 6.57. The molecule has 172 valence electrons. The number of carbonyl (C=O) groups excluding carboxylic acids is 2. The second kappa shape index (κ2) is 11.3. The van der Waals surface area contributed by atoms with Gasteiger partial charge in [0.25, 0.3) is 5.91 Å². The first kappa shape index (κ1) is 24.8. The second-order valence-corrected chi connectivity index (χ2v) is 9.18. The van der Waals surface area contributed by atoms with Crippen LogP contribution in [0.4, 0.5) is 11.4 Å². The van der Waals surface area contributed by atoms with Crippen LogP contribution in [0.1, 0.15) is 17.3 Å². The summed E-state index contributed by atoms with van der Waals surface area (Å²) in [6, 6.07) is 17.1. The lowest BCUT2D eigenvalue weighted by Gasteiger charge is -2.15. The molecule has 33 heavy (non-hydrogen) atoms. The zero-order valence-corrected chi connectivity index (χ0v) is 20.5. The monoisotopic (exact) mass is 504 g/mol. The topological polar surface area (TPSA) is 76.7 Å². The Morgan fingerprint density at radius 1 is 0.909 bits per heavy atom. The molecular formula is C24H22Cl2N2O4S. The number of methoxy groups -OCH3 is 2. The van der Waals surface area contributed by atoms with Crippen molar-refractivity contribution in [1.82, 2.24) is 0 Å². The third-order valence-corrected chi connectivity index (χ3v) is 6.30. The van der Waals surface area contributed by atoms with Crippen LogP contribution in [-0.4, -0.2) is 31.3 Å². The van der Waals surface area contributed by atoms with E-state index in [1.54, 1.807) is 49.6 Å². The fourth-order valence-electron chi connectivity index (χ4n) is 2.88. The molecule has 3 aromatic carbocycles. The molecule has 3 rings (SSSR count). The van der Waals surface area contributed by atoms with Gasteiger partial charge >= 0.3 is 0 Å². The summed E-state index contributed by atoms with van der Waals surface area (Å²) in [7, 11) is 3.10. The van der Waals surface area contributed by atoms with Gasteiger partial charge in [0.05, 0.1) is 35.7 Å². The summed E-state index contributed by atoms with van der Waals surface area (Å²) in [5.41, 5.74) is 1.50. The van der Waals surface area contributed by atoms with Crippen LogP contribution in [-0.2, 0) is 4.79 Å². The van der Waals surface area contributed by atoms with Crippen molar-refractivity contribution in [3.63, 3.8) is 0 Å². The van der Waals surface area contributed by atoms with Gasteiger partial charge in [-0.15, -0.1) is 11.8 Å². The summed E-state index contributed by atoms with van der Waals surface area (Å²) in [5, 5.41) is 6.04. The lowest BCUT2D eigenvalue weighted by atomic mass is 10.2. The molecule has 0 aliphatic carbocycles. The van der Waals surface area contributed by atoms with E-state index in [9.17, 15) is 9.59 Å². The summed E-state index contributed by atoms with van der Waals surface area (Å²) < 4.78 is 10.5. The number of nitrogens with one attached hydrogen (secondary N) is 2. The summed E-state index contributed by atoms with van der Waals surface area (Å²) in [6.45, 7) is 1.81. The first-order valence-electron chi connectivity index (χ1n) is 9.86. The smallest absolute Gasteiger partial charge is 0.257 e. The van der Waals surface area contributed by atoms with E-state index in [0.717, 1.165) is 4.90 Å². The van der Waals surface area contributed by atoms with Gasteiger partial charge in [-0.2, -0.15) is 0 Å². The Bertz CT molecular complexity index is 1160. The third-order valence-electron chi connectivity index (χ3n) is 4.64. The first-order chi connectivity index (χ1) is 15.8. The normalized spacial score (nSPS) is 11.4. The fraction of sp³-hybridized carbons (Fsp3) is 0.167. The van der Waals surface area contributed by atoms with Gasteiger partial charge in [0, 0.05) is 21.7 Å². The first-order valence-corrected chi connectivity index (χ1v) is 11.5. The van der Waals surface area contributed by atoms with Crippen molar-refractivity contribution in [1.29, 1.82) is 0 Å². The zero-order valence-electron chi connectivity index (χ0n) is 18.1. The number of anilines is 2. The number of thioether (sulfide) groups is 1. The van der Waals surface area contributed by atoms with Gasteiger partial charge in [-0.1, -0.05) is 23.2 Å². The molecule has 0 fully saturated rings. The van der Waals surface area contributed by atoms with Gasteiger partial charge < -0.3 is 20.1 Å². The number of amides is 2. The zero-order chi connectivity index (χ0) is 24.0. The molecule has 9 heteroatoms. The lowest BCUT2D eigenvalue weighted by Crippen LogP contribution is -2.22. The summed E-state index contributed by atoms with van der Waals surface area (Å²) in [5.74, 6) is 0.648. The van der Waals surface area contributed by atoms with E-state index in [-0.39, 0.29) is 22.1 Å². The van der Waals surface area contributed by atoms with Crippen LogP contribution in [0.2, 0.25) is 10.0 Å². The molecule has 0 saturated carbocycles. The summed E-state index contributed by atoms with van der Waals surface area (Å²) in [6.07, 6.45) is 0. The number of hydrogen-bond acceptors (Lipinski definition) is 5. The molecule has 0 radical (unpaired) electrons. The standard InChI is InChI=1S/C24H22Cl2N2O4S/c1-14(23(29)28-21-11-7-17(31-2)13-22(21)32-3)33-18-8-5-16(6-9-18)27-24(30)19-10-4-15(25)12-20(19)26/h4-14H,1-3H3,(H,27,30)(H,28,29). The van der Waals surface area contributed by atoms with Crippen molar-refractivity contribution in [2.45, 2.75) is 17.1 Å². The van der Waals surface area contributed by atoms with Crippen LogP contribution in [0.5, 0.6) is 11.5 Å². The number of ether oxygens (including phenoxy) is 2. The maximum absolute atomic E-state index is 12.7. The van der Waals surface area contributed by atoms with Gasteiger partial charge in [-0.3, -0.25) is 9.59 Å². The van der Waals surface area contributed by atoms with Gasteiger partial charge in [0.2, 0.25) is 5.91 Å². The van der Waals surface area contributed by atoms with Crippen LogP contribution < -0.4 is 20.1 Å². The van der Waals surface area contributed by atoms with Crippen LogP contribution in [0.25, 0.3) is 0 Å². The maximum Gasteiger partial charge on any atom is 0.257 e. The predicted molar refractivity (Wildman–Crippen MR) is 134 cm³/mol. The lowest BCUT2D eigenvalue weighted by molar-refractivity contribution is -0.115. The molecule has 2 amide bonds. The van der Waals surface area contributed by atoms with Crippen molar-refractivity contribution in [3.8, 4) is 11.5 Å². The van der Waals surface area contributed by atoms with E-state index < -0.39 is 0 Å². The van der Waals surface area contributed by atoms with Crippen LogP contribution in [0, 0.1) is 0 Å². The Kier molecular flexibility index (Phi) is 8.49. The number of carbonyl (C=O) groups is 2. The number of hydrogen-bond donors (Lipinski definition) is 2. The van der Waals surface area contributed by atoms with Crippen LogP contribution >= 0.6 is 35.0 Å².